The first kappa shape index (κ1) is 65.6. The van der Waals surface area contributed by atoms with Crippen molar-refractivity contribution in [3.63, 3.8) is 0 Å². The van der Waals surface area contributed by atoms with Crippen LogP contribution in [0.4, 0.5) is 0 Å². The van der Waals surface area contributed by atoms with E-state index in [2.05, 4.69) is 132 Å². The van der Waals surface area contributed by atoms with E-state index < -0.39 is 0 Å². The highest BCUT2D eigenvalue weighted by atomic mass is 14.7. The zero-order valence-corrected chi connectivity index (χ0v) is 38.5. The minimum atomic E-state index is 0. The highest BCUT2D eigenvalue weighted by Crippen LogP contribution is 2.73. The van der Waals surface area contributed by atoms with Gasteiger partial charge in [-0.25, -0.2) is 0 Å². The first-order valence-corrected chi connectivity index (χ1v) is 23.3. The molecule has 0 heterocycles. The molecule has 0 saturated heterocycles. The largest absolute Gasteiger partial charge is 0.0776 e. The minimum absolute atomic E-state index is 0. The molecule has 0 radical (unpaired) electrons. The lowest BCUT2D eigenvalue weighted by molar-refractivity contribution is -0.231. The van der Waals surface area contributed by atoms with E-state index in [1.54, 1.807) is 0 Å². The summed E-state index contributed by atoms with van der Waals surface area (Å²) < 4.78 is 0. The quantitative estimate of drug-likeness (QED) is 0.265. The van der Waals surface area contributed by atoms with Crippen LogP contribution in [-0.2, 0) is 0 Å². The summed E-state index contributed by atoms with van der Waals surface area (Å²) in [5.41, 5.74) is 5.28. The van der Waals surface area contributed by atoms with Gasteiger partial charge in [-0.1, -0.05) is 223 Å². The Bertz CT molecular complexity index is 1190. The summed E-state index contributed by atoms with van der Waals surface area (Å²) in [6.45, 7) is 46.9. The molecule has 0 spiro atoms. The van der Waals surface area contributed by atoms with Crippen molar-refractivity contribution in [3.8, 4) is 0 Å². The van der Waals surface area contributed by atoms with Crippen molar-refractivity contribution in [2.45, 2.75) is 274 Å². The maximum absolute atomic E-state index is 2.53. The van der Waals surface area contributed by atoms with E-state index in [0.717, 1.165) is 65.1 Å². The Labute approximate surface area is 381 Å². The van der Waals surface area contributed by atoms with Gasteiger partial charge in [0.2, 0.25) is 0 Å². The molecular formula is C59H126. The number of rotatable bonds is 4. The minimum Gasteiger partial charge on any atom is -0.0776 e. The molecule has 15 unspecified atom stereocenters. The Morgan fingerprint density at radius 3 is 1.19 bits per heavy atom. The Kier molecular flexibility index (Phi) is 23.7. The highest BCUT2D eigenvalue weighted by molar-refractivity contribution is 5.14. The topological polar surface area (TPSA) is 0 Å². The predicted octanol–water partition coefficient (Wildman–Crippen LogP) is 21.3. The van der Waals surface area contributed by atoms with E-state index in [1.807, 2.05) is 0 Å². The van der Waals surface area contributed by atoms with E-state index in [-0.39, 0.29) is 59.4 Å². The Morgan fingerprint density at radius 1 is 0.390 bits per heavy atom. The van der Waals surface area contributed by atoms with Crippen LogP contribution in [0.25, 0.3) is 0 Å². The molecule has 12 fully saturated rings. The summed E-state index contributed by atoms with van der Waals surface area (Å²) in [5.74, 6) is 11.0. The molecule has 0 aromatic carbocycles. The second kappa shape index (κ2) is 21.3. The first-order chi connectivity index (χ1) is 23.3. The van der Waals surface area contributed by atoms with E-state index in [1.165, 1.54) is 83.5 Å². The molecule has 0 amide bonds. The van der Waals surface area contributed by atoms with Crippen molar-refractivity contribution < 1.29 is 0 Å². The van der Waals surface area contributed by atoms with Crippen molar-refractivity contribution in [3.05, 3.63) is 0 Å². The summed E-state index contributed by atoms with van der Waals surface area (Å²) in [7, 11) is 0. The van der Waals surface area contributed by atoms with Crippen LogP contribution in [0, 0.1) is 108 Å². The first-order valence-electron chi connectivity index (χ1n) is 23.3. The third-order valence-corrected chi connectivity index (χ3v) is 21.9. The number of fused-ring (bicyclic) bond motifs is 8. The molecule has 0 aliphatic heterocycles. The van der Waals surface area contributed by atoms with Crippen molar-refractivity contribution in [2.75, 3.05) is 0 Å². The summed E-state index contributed by atoms with van der Waals surface area (Å²) in [4.78, 5) is 0. The smallest absolute Gasteiger partial charge is 0.0259 e. The normalized spacial score (nSPS) is 45.1. The van der Waals surface area contributed by atoms with Gasteiger partial charge in [-0.3, -0.25) is 0 Å². The summed E-state index contributed by atoms with van der Waals surface area (Å²) in [6, 6.07) is 0. The lowest BCUT2D eigenvalue weighted by atomic mass is 9.33. The van der Waals surface area contributed by atoms with Gasteiger partial charge in [0.1, 0.15) is 0 Å². The summed E-state index contributed by atoms with van der Waals surface area (Å²) in [5, 5.41) is 0. The fourth-order valence-corrected chi connectivity index (χ4v) is 17.4. The van der Waals surface area contributed by atoms with Crippen molar-refractivity contribution in [1.29, 1.82) is 0 Å². The van der Waals surface area contributed by atoms with E-state index in [9.17, 15) is 0 Å². The van der Waals surface area contributed by atoms with E-state index >= 15 is 0 Å². The number of hydrogen-bond donors (Lipinski definition) is 0. The number of hydrogen-bond acceptors (Lipinski definition) is 0. The fraction of sp³-hybridized carbons (Fsp3) is 1.00. The Morgan fingerprint density at radius 2 is 0.881 bits per heavy atom. The van der Waals surface area contributed by atoms with Gasteiger partial charge in [0.15, 0.2) is 0 Å². The molecule has 59 heavy (non-hydrogen) atoms. The van der Waals surface area contributed by atoms with E-state index in [0.29, 0.717) is 43.3 Å². The van der Waals surface area contributed by atoms with Gasteiger partial charge in [0.05, 0.1) is 0 Å². The van der Waals surface area contributed by atoms with Gasteiger partial charge in [0.25, 0.3) is 0 Å². The molecule has 0 aromatic rings. The van der Waals surface area contributed by atoms with Crippen LogP contribution in [0.15, 0.2) is 0 Å². The molecule has 0 heteroatoms. The van der Waals surface area contributed by atoms with Crippen LogP contribution in [-0.4, -0.2) is 0 Å². The second-order valence-corrected chi connectivity index (χ2v) is 24.9. The molecule has 0 N–H and O–H groups in total. The lowest BCUT2D eigenvalue weighted by Gasteiger charge is -2.71. The lowest BCUT2D eigenvalue weighted by Crippen LogP contribution is -2.65. The van der Waals surface area contributed by atoms with E-state index in [4.69, 9.17) is 0 Å². The monoisotopic (exact) mass is 835 g/mol. The van der Waals surface area contributed by atoms with Crippen LogP contribution >= 0.6 is 0 Å². The predicted molar refractivity (Wildman–Crippen MR) is 280 cm³/mol. The summed E-state index contributed by atoms with van der Waals surface area (Å²) in [6.07, 6.45) is 19.0. The fourth-order valence-electron chi connectivity index (χ4n) is 17.4. The molecule has 0 nitrogen and oxygen atoms in total. The molecule has 12 aliphatic rings. The van der Waals surface area contributed by atoms with Crippen LogP contribution in [0.5, 0.6) is 0 Å². The molecule has 0 aromatic heterocycles. The third-order valence-electron chi connectivity index (χ3n) is 21.9. The van der Waals surface area contributed by atoms with Gasteiger partial charge < -0.3 is 0 Å². The SMILES string of the molecule is C.C.C.C.C.C.C.C.CCC1(C)C2CCC(C)C1C2(C)C.CCC1(C)CC(C)C2CC1C2(C)C.CCC1(C)CC2CC(C1C)C2(C)C.CCC1(C)CCC2CC1C2(C)C. The molecule has 15 atom stereocenters. The zero-order chi connectivity index (χ0) is 38.5. The molecule has 12 aliphatic carbocycles. The van der Waals surface area contributed by atoms with Gasteiger partial charge in [-0.2, -0.15) is 0 Å². The molecule has 8 bridgehead atoms. The highest BCUT2D eigenvalue weighted by Gasteiger charge is 2.66. The van der Waals surface area contributed by atoms with Gasteiger partial charge in [-0.15, -0.1) is 0 Å². The molecule has 362 valence electrons. The van der Waals surface area contributed by atoms with Crippen LogP contribution in [0.3, 0.4) is 0 Å². The Balaban J connectivity index is -0.000000327. The zero-order valence-electron chi connectivity index (χ0n) is 38.5. The van der Waals surface area contributed by atoms with Crippen molar-refractivity contribution in [1.82, 2.24) is 0 Å². The van der Waals surface area contributed by atoms with Crippen LogP contribution in [0.2, 0.25) is 0 Å². The maximum atomic E-state index is 2.53. The van der Waals surface area contributed by atoms with Crippen LogP contribution in [0.1, 0.15) is 274 Å². The third kappa shape index (κ3) is 9.98. The van der Waals surface area contributed by atoms with Gasteiger partial charge in [0, 0.05) is 0 Å². The van der Waals surface area contributed by atoms with Crippen molar-refractivity contribution >= 4 is 0 Å². The van der Waals surface area contributed by atoms with Gasteiger partial charge >= 0.3 is 0 Å². The molecular weight excluding hydrogens is 709 g/mol. The maximum Gasteiger partial charge on any atom is -0.0259 e. The second-order valence-electron chi connectivity index (χ2n) is 24.9. The average molecular weight is 836 g/mol. The van der Waals surface area contributed by atoms with Crippen LogP contribution < -0.4 is 0 Å². The summed E-state index contributed by atoms with van der Waals surface area (Å²) >= 11 is 0. The molecule has 12 rings (SSSR count). The average Bonchev–Trinajstić information content (AvgIpc) is 3.05. The molecule has 12 saturated carbocycles. The Hall–Kier alpha value is 0. The van der Waals surface area contributed by atoms with Crippen molar-refractivity contribution in [2.24, 2.45) is 108 Å². The standard InChI is InChI=1S/3C13H24.C12H22.8CH4/c1-6-13(5)8-10-7-11(9(13)2)12(10,3)4;1-6-13(5)8-9(2)10-7-11(13)12(10,3)4;1-6-13(5)10-8-7-9(2)11(13)12(10,3)4;1-5-12(4)7-6-9-8-10(12)11(9,2)3;;;;;;;;/h3*9-11H,6-8H2,1-5H3;9-10H,5-8H2,1-4H3;8*1H4. The van der Waals surface area contributed by atoms with Gasteiger partial charge in [-0.05, 0) is 160 Å².